The summed E-state index contributed by atoms with van der Waals surface area (Å²) in [6.45, 7) is 0.338. The van der Waals surface area contributed by atoms with Gasteiger partial charge in [0, 0.05) is 4.88 Å². The molecule has 15 heavy (non-hydrogen) atoms. The van der Waals surface area contributed by atoms with Crippen LogP contribution in [0.15, 0.2) is 0 Å². The Morgan fingerprint density at radius 1 is 1.47 bits per heavy atom. The minimum Gasteiger partial charge on any atom is -0.311 e. The Kier molecular flexibility index (Phi) is 3.33. The third-order valence-electron chi connectivity index (χ3n) is 2.43. The van der Waals surface area contributed by atoms with E-state index in [4.69, 9.17) is 0 Å². The van der Waals surface area contributed by atoms with Crippen LogP contribution in [0, 0.1) is 0 Å². The topological polar surface area (TPSA) is 54.0 Å². The zero-order chi connectivity index (χ0) is 10.7. The average Bonchev–Trinajstić information content (AvgIpc) is 2.59. The van der Waals surface area contributed by atoms with Gasteiger partial charge in [-0.1, -0.05) is 0 Å². The number of carbonyl (C=O) groups is 1. The fourth-order valence-electron chi connectivity index (χ4n) is 1.73. The molecule has 1 aliphatic carbocycles. The van der Waals surface area contributed by atoms with Gasteiger partial charge in [-0.25, -0.2) is 4.98 Å². The van der Waals surface area contributed by atoms with Crippen molar-refractivity contribution < 1.29 is 4.79 Å². The molecule has 5 heteroatoms. The number of rotatable bonds is 3. The number of likely N-dealkylation sites (N-methyl/N-ethyl adjacent to an activating group) is 1. The Morgan fingerprint density at radius 2 is 2.27 bits per heavy atom. The van der Waals surface area contributed by atoms with E-state index in [9.17, 15) is 4.79 Å². The lowest BCUT2D eigenvalue weighted by molar-refractivity contribution is -0.115. The molecule has 0 saturated heterocycles. The molecule has 0 bridgehead atoms. The van der Waals surface area contributed by atoms with Crippen LogP contribution in [0.25, 0.3) is 0 Å². The number of aromatic nitrogens is 1. The van der Waals surface area contributed by atoms with Crippen molar-refractivity contribution in [1.82, 2.24) is 10.3 Å². The number of hydrogen-bond acceptors (Lipinski definition) is 4. The number of amides is 1. The van der Waals surface area contributed by atoms with Crippen molar-refractivity contribution in [2.24, 2.45) is 0 Å². The van der Waals surface area contributed by atoms with Crippen molar-refractivity contribution in [3.05, 3.63) is 10.6 Å². The number of nitrogens with zero attached hydrogens (tertiary/aromatic N) is 1. The van der Waals surface area contributed by atoms with Gasteiger partial charge in [0.05, 0.1) is 12.2 Å². The van der Waals surface area contributed by atoms with Crippen LogP contribution in [0.4, 0.5) is 5.13 Å². The minimum absolute atomic E-state index is 0.0244. The summed E-state index contributed by atoms with van der Waals surface area (Å²) in [6.07, 6.45) is 4.66. The van der Waals surface area contributed by atoms with E-state index < -0.39 is 0 Å². The summed E-state index contributed by atoms with van der Waals surface area (Å²) in [7, 11) is 1.76. The van der Waals surface area contributed by atoms with Gasteiger partial charge in [0.2, 0.25) is 5.91 Å². The zero-order valence-corrected chi connectivity index (χ0v) is 9.62. The largest absolute Gasteiger partial charge is 0.311 e. The number of aryl methyl sites for hydroxylation is 2. The Labute approximate surface area is 93.1 Å². The Hall–Kier alpha value is -0.940. The Morgan fingerprint density at radius 3 is 3.00 bits per heavy atom. The number of hydrogen-bond donors (Lipinski definition) is 2. The van der Waals surface area contributed by atoms with Gasteiger partial charge in [-0.3, -0.25) is 4.79 Å². The van der Waals surface area contributed by atoms with Crippen LogP contribution < -0.4 is 10.6 Å². The first kappa shape index (κ1) is 10.6. The molecule has 0 aliphatic heterocycles. The van der Waals surface area contributed by atoms with Gasteiger partial charge >= 0.3 is 0 Å². The summed E-state index contributed by atoms with van der Waals surface area (Å²) in [5.41, 5.74) is 1.19. The number of anilines is 1. The SMILES string of the molecule is CNCC(=O)Nc1nc2c(s1)CCCC2. The number of carbonyl (C=O) groups excluding carboxylic acids is 1. The van der Waals surface area contributed by atoms with Gasteiger partial charge in [0.25, 0.3) is 0 Å². The van der Waals surface area contributed by atoms with Gasteiger partial charge < -0.3 is 10.6 Å². The van der Waals surface area contributed by atoms with Crippen LogP contribution in [0.3, 0.4) is 0 Å². The van der Waals surface area contributed by atoms with Crippen LogP contribution in [-0.4, -0.2) is 24.5 Å². The fourth-order valence-corrected chi connectivity index (χ4v) is 2.80. The lowest BCUT2D eigenvalue weighted by Gasteiger charge is -2.06. The molecular weight excluding hydrogens is 210 g/mol. The minimum atomic E-state index is -0.0244. The quantitative estimate of drug-likeness (QED) is 0.812. The summed E-state index contributed by atoms with van der Waals surface area (Å²) < 4.78 is 0. The molecule has 0 fully saturated rings. The van der Waals surface area contributed by atoms with E-state index in [1.807, 2.05) is 0 Å². The fraction of sp³-hybridized carbons (Fsp3) is 0.600. The maximum atomic E-state index is 11.3. The summed E-state index contributed by atoms with van der Waals surface area (Å²) in [4.78, 5) is 17.1. The zero-order valence-electron chi connectivity index (χ0n) is 8.80. The first-order valence-corrected chi connectivity index (χ1v) is 6.04. The third-order valence-corrected chi connectivity index (χ3v) is 3.50. The predicted molar refractivity (Wildman–Crippen MR) is 61.3 cm³/mol. The Bertz CT molecular complexity index is 338. The van der Waals surface area contributed by atoms with E-state index >= 15 is 0 Å². The molecule has 2 rings (SSSR count). The lowest BCUT2D eigenvalue weighted by Crippen LogP contribution is -2.24. The van der Waals surface area contributed by atoms with Gasteiger partial charge in [-0.15, -0.1) is 11.3 Å². The van der Waals surface area contributed by atoms with E-state index in [2.05, 4.69) is 15.6 Å². The monoisotopic (exact) mass is 225 g/mol. The first-order chi connectivity index (χ1) is 7.29. The molecule has 0 saturated carbocycles. The van der Waals surface area contributed by atoms with Crippen molar-refractivity contribution in [2.75, 3.05) is 18.9 Å². The molecule has 1 aliphatic rings. The molecule has 0 unspecified atom stereocenters. The van der Waals surface area contributed by atoms with Crippen LogP contribution in [0.5, 0.6) is 0 Å². The molecule has 2 N–H and O–H groups in total. The molecule has 82 valence electrons. The standard InChI is InChI=1S/C10H15N3OS/c1-11-6-9(14)13-10-12-7-4-2-3-5-8(7)15-10/h11H,2-6H2,1H3,(H,12,13,14). The number of fused-ring (bicyclic) bond motifs is 1. The molecule has 1 heterocycles. The van der Waals surface area contributed by atoms with Crippen LogP contribution in [0.1, 0.15) is 23.4 Å². The molecule has 0 aromatic carbocycles. The van der Waals surface area contributed by atoms with Crippen molar-refractivity contribution in [2.45, 2.75) is 25.7 Å². The molecule has 1 aromatic rings. The van der Waals surface area contributed by atoms with E-state index in [1.54, 1.807) is 18.4 Å². The third kappa shape index (κ3) is 2.54. The normalized spacial score (nSPS) is 14.7. The summed E-state index contributed by atoms with van der Waals surface area (Å²) in [6, 6.07) is 0. The average molecular weight is 225 g/mol. The summed E-state index contributed by atoms with van der Waals surface area (Å²) in [5.74, 6) is -0.0244. The smallest absolute Gasteiger partial charge is 0.240 e. The van der Waals surface area contributed by atoms with Crippen molar-refractivity contribution in [3.63, 3.8) is 0 Å². The van der Waals surface area contributed by atoms with Gasteiger partial charge in [-0.2, -0.15) is 0 Å². The molecule has 0 spiro atoms. The molecular formula is C10H15N3OS. The summed E-state index contributed by atoms with van der Waals surface area (Å²) in [5, 5.41) is 6.37. The molecule has 0 atom stereocenters. The van der Waals surface area contributed by atoms with Crippen molar-refractivity contribution in [3.8, 4) is 0 Å². The van der Waals surface area contributed by atoms with Crippen molar-refractivity contribution >= 4 is 22.4 Å². The second-order valence-corrected chi connectivity index (χ2v) is 4.76. The van der Waals surface area contributed by atoms with E-state index in [0.29, 0.717) is 6.54 Å². The second-order valence-electron chi connectivity index (χ2n) is 3.67. The van der Waals surface area contributed by atoms with Crippen LogP contribution >= 0.6 is 11.3 Å². The molecule has 1 aromatic heterocycles. The second kappa shape index (κ2) is 4.72. The Balaban J connectivity index is 2.03. The highest BCUT2D eigenvalue weighted by Crippen LogP contribution is 2.29. The van der Waals surface area contributed by atoms with E-state index in [0.717, 1.165) is 18.0 Å². The van der Waals surface area contributed by atoms with Gasteiger partial charge in [0.1, 0.15) is 0 Å². The molecule has 1 amide bonds. The van der Waals surface area contributed by atoms with E-state index in [-0.39, 0.29) is 5.91 Å². The van der Waals surface area contributed by atoms with Crippen molar-refractivity contribution in [1.29, 1.82) is 0 Å². The lowest BCUT2D eigenvalue weighted by atomic mass is 10.0. The van der Waals surface area contributed by atoms with E-state index in [1.165, 1.54) is 23.4 Å². The highest BCUT2D eigenvalue weighted by Gasteiger charge is 2.15. The maximum Gasteiger partial charge on any atom is 0.240 e. The number of thiazole rings is 1. The first-order valence-electron chi connectivity index (χ1n) is 5.22. The van der Waals surface area contributed by atoms with Crippen LogP contribution in [0.2, 0.25) is 0 Å². The molecule has 4 nitrogen and oxygen atoms in total. The highest BCUT2D eigenvalue weighted by atomic mass is 32.1. The number of nitrogens with one attached hydrogen (secondary N) is 2. The van der Waals surface area contributed by atoms with Gasteiger partial charge in [-0.05, 0) is 32.7 Å². The van der Waals surface area contributed by atoms with Gasteiger partial charge in [0.15, 0.2) is 5.13 Å². The maximum absolute atomic E-state index is 11.3. The highest BCUT2D eigenvalue weighted by molar-refractivity contribution is 7.15. The van der Waals surface area contributed by atoms with Crippen LogP contribution in [-0.2, 0) is 17.6 Å². The summed E-state index contributed by atoms with van der Waals surface area (Å²) >= 11 is 1.62. The predicted octanol–water partition coefficient (Wildman–Crippen LogP) is 1.18. The molecule has 0 radical (unpaired) electrons.